The van der Waals surface area contributed by atoms with Crippen LogP contribution in [0.15, 0.2) is 0 Å². The van der Waals surface area contributed by atoms with Crippen LogP contribution < -0.4 is 5.73 Å². The lowest BCUT2D eigenvalue weighted by molar-refractivity contribution is -0.134. The summed E-state index contributed by atoms with van der Waals surface area (Å²) in [5, 5.41) is 7.42. The molecule has 0 aromatic carbocycles. The normalized spacial score (nSPS) is 8.11. The number of rotatable bonds is 1. The Morgan fingerprint density at radius 1 is 1.67 bits per heavy atom. The number of carboxylic acids is 1. The van der Waals surface area contributed by atoms with E-state index in [-0.39, 0.29) is 0 Å². The first-order valence-electron chi connectivity index (χ1n) is 2.90. The zero-order valence-corrected chi connectivity index (χ0v) is 6.22. The Labute approximate surface area is 55.9 Å². The Balaban J connectivity index is 0. The lowest BCUT2D eigenvalue weighted by atomic mass is 10.2. The average Bonchev–Trinajstić information content (AvgIpc) is 1.65. The van der Waals surface area contributed by atoms with Crippen LogP contribution in [-0.4, -0.2) is 17.6 Å². The van der Waals surface area contributed by atoms with Crippen LogP contribution in [0.2, 0.25) is 0 Å². The molecule has 56 valence electrons. The zero-order chi connectivity index (χ0) is 7.86. The van der Waals surface area contributed by atoms with Crippen molar-refractivity contribution in [3.05, 3.63) is 0 Å². The van der Waals surface area contributed by atoms with Gasteiger partial charge in [0.2, 0.25) is 0 Å². The third kappa shape index (κ3) is 107. The molecule has 0 aromatic heterocycles. The Hall–Kier alpha value is -0.570. The van der Waals surface area contributed by atoms with Crippen molar-refractivity contribution >= 4 is 5.97 Å². The first-order chi connectivity index (χ1) is 4.00. The van der Waals surface area contributed by atoms with Gasteiger partial charge in [-0.1, -0.05) is 13.8 Å². The number of carboxylic acid groups (broad SMARTS) is 1. The van der Waals surface area contributed by atoms with Crippen LogP contribution in [-0.2, 0) is 4.79 Å². The van der Waals surface area contributed by atoms with Gasteiger partial charge in [-0.3, -0.25) is 4.79 Å². The molecule has 0 aliphatic rings. The van der Waals surface area contributed by atoms with Gasteiger partial charge in [0.05, 0.1) is 0 Å². The summed E-state index contributed by atoms with van der Waals surface area (Å²) in [6, 6.07) is 0. The van der Waals surface area contributed by atoms with E-state index >= 15 is 0 Å². The zero-order valence-electron chi connectivity index (χ0n) is 6.22. The van der Waals surface area contributed by atoms with Gasteiger partial charge in [-0.05, 0) is 12.5 Å². The summed E-state index contributed by atoms with van der Waals surface area (Å²) >= 11 is 0. The average molecular weight is 133 g/mol. The van der Waals surface area contributed by atoms with Gasteiger partial charge in [-0.2, -0.15) is 0 Å². The fourth-order valence-corrected chi connectivity index (χ4v) is 0. The molecule has 3 N–H and O–H groups in total. The minimum absolute atomic E-state index is 0.662. The van der Waals surface area contributed by atoms with Gasteiger partial charge >= 0.3 is 0 Å². The molecule has 0 amide bonds. The molecule has 0 fully saturated rings. The molecule has 9 heavy (non-hydrogen) atoms. The summed E-state index contributed by atoms with van der Waals surface area (Å²) in [7, 11) is 0. The third-order valence-electron chi connectivity index (χ3n) is 0.471. The van der Waals surface area contributed by atoms with Crippen molar-refractivity contribution in [1.29, 1.82) is 0 Å². The van der Waals surface area contributed by atoms with E-state index in [9.17, 15) is 0 Å². The SMILES string of the molecule is CC(=O)O.CC(C)CN. The summed E-state index contributed by atoms with van der Waals surface area (Å²) in [6.45, 7) is 6.08. The Morgan fingerprint density at radius 3 is 1.78 bits per heavy atom. The summed E-state index contributed by atoms with van der Waals surface area (Å²) in [4.78, 5) is 9.00. The summed E-state index contributed by atoms with van der Waals surface area (Å²) < 4.78 is 0. The molecule has 0 unspecified atom stereocenters. The Bertz CT molecular complexity index is 67.5. The molecule has 0 saturated carbocycles. The maximum absolute atomic E-state index is 9.00. The lowest BCUT2D eigenvalue weighted by Gasteiger charge is -1.91. The van der Waals surface area contributed by atoms with Crippen molar-refractivity contribution in [2.24, 2.45) is 11.7 Å². The molecule has 0 spiro atoms. The highest BCUT2D eigenvalue weighted by Gasteiger charge is 1.80. The quantitative estimate of drug-likeness (QED) is 0.553. The fraction of sp³-hybridized carbons (Fsp3) is 0.833. The van der Waals surface area contributed by atoms with Crippen LogP contribution in [0.25, 0.3) is 0 Å². The van der Waals surface area contributed by atoms with E-state index in [0.29, 0.717) is 5.92 Å². The highest BCUT2D eigenvalue weighted by molar-refractivity contribution is 5.62. The Kier molecular flexibility index (Phi) is 9.29. The Morgan fingerprint density at radius 2 is 1.78 bits per heavy atom. The van der Waals surface area contributed by atoms with E-state index in [2.05, 4.69) is 13.8 Å². The number of carbonyl (C=O) groups is 1. The summed E-state index contributed by atoms with van der Waals surface area (Å²) in [6.07, 6.45) is 0. The molecule has 3 heteroatoms. The van der Waals surface area contributed by atoms with Gasteiger partial charge in [0, 0.05) is 6.92 Å². The minimum atomic E-state index is -0.833. The third-order valence-corrected chi connectivity index (χ3v) is 0.471. The maximum atomic E-state index is 9.00. The van der Waals surface area contributed by atoms with Crippen molar-refractivity contribution in [2.45, 2.75) is 20.8 Å². The number of nitrogens with two attached hydrogens (primary N) is 1. The van der Waals surface area contributed by atoms with E-state index in [4.69, 9.17) is 15.6 Å². The van der Waals surface area contributed by atoms with E-state index in [1.807, 2.05) is 0 Å². The second kappa shape index (κ2) is 7.43. The van der Waals surface area contributed by atoms with Gasteiger partial charge < -0.3 is 10.8 Å². The van der Waals surface area contributed by atoms with E-state index in [0.717, 1.165) is 13.5 Å². The van der Waals surface area contributed by atoms with Crippen LogP contribution >= 0.6 is 0 Å². The molecule has 0 radical (unpaired) electrons. The van der Waals surface area contributed by atoms with E-state index in [1.54, 1.807) is 0 Å². The molecule has 0 bridgehead atoms. The topological polar surface area (TPSA) is 63.3 Å². The second-order valence-corrected chi connectivity index (χ2v) is 2.15. The highest BCUT2D eigenvalue weighted by Crippen LogP contribution is 1.81. The summed E-state index contributed by atoms with van der Waals surface area (Å²) in [5.74, 6) is -0.171. The molecule has 0 atom stereocenters. The molecule has 0 saturated heterocycles. The van der Waals surface area contributed by atoms with Crippen LogP contribution in [0, 0.1) is 5.92 Å². The lowest BCUT2D eigenvalue weighted by Crippen LogP contribution is -2.05. The van der Waals surface area contributed by atoms with Crippen molar-refractivity contribution < 1.29 is 9.90 Å². The van der Waals surface area contributed by atoms with Gasteiger partial charge in [0.1, 0.15) is 0 Å². The molecule has 3 nitrogen and oxygen atoms in total. The van der Waals surface area contributed by atoms with Gasteiger partial charge in [0.15, 0.2) is 0 Å². The number of hydrogen-bond donors (Lipinski definition) is 2. The van der Waals surface area contributed by atoms with Crippen molar-refractivity contribution in [1.82, 2.24) is 0 Å². The molecular formula is C6H15NO2. The van der Waals surface area contributed by atoms with Gasteiger partial charge in [-0.25, -0.2) is 0 Å². The standard InChI is InChI=1S/C4H11N.C2H4O2/c1-4(2)3-5;1-2(3)4/h4H,3,5H2,1-2H3;1H3,(H,3,4). The predicted molar refractivity (Wildman–Crippen MR) is 37.2 cm³/mol. The molecule has 0 rings (SSSR count). The minimum Gasteiger partial charge on any atom is -0.481 e. The van der Waals surface area contributed by atoms with Crippen molar-refractivity contribution in [2.75, 3.05) is 6.54 Å². The maximum Gasteiger partial charge on any atom is 0.300 e. The van der Waals surface area contributed by atoms with Crippen molar-refractivity contribution in [3.63, 3.8) is 0 Å². The number of hydrogen-bond acceptors (Lipinski definition) is 2. The van der Waals surface area contributed by atoms with Crippen LogP contribution in [0.5, 0.6) is 0 Å². The molecule has 0 aliphatic carbocycles. The second-order valence-electron chi connectivity index (χ2n) is 2.15. The molecule has 0 aromatic rings. The van der Waals surface area contributed by atoms with Crippen molar-refractivity contribution in [3.8, 4) is 0 Å². The highest BCUT2D eigenvalue weighted by atomic mass is 16.4. The van der Waals surface area contributed by atoms with E-state index < -0.39 is 5.97 Å². The van der Waals surface area contributed by atoms with Crippen LogP contribution in [0.4, 0.5) is 0 Å². The monoisotopic (exact) mass is 133 g/mol. The molecule has 0 heterocycles. The fourth-order valence-electron chi connectivity index (χ4n) is 0. The first kappa shape index (κ1) is 11.3. The van der Waals surface area contributed by atoms with Gasteiger partial charge in [-0.15, -0.1) is 0 Å². The van der Waals surface area contributed by atoms with E-state index in [1.165, 1.54) is 0 Å². The molecular weight excluding hydrogens is 118 g/mol. The smallest absolute Gasteiger partial charge is 0.300 e. The van der Waals surface area contributed by atoms with Crippen LogP contribution in [0.3, 0.4) is 0 Å². The number of aliphatic carboxylic acids is 1. The van der Waals surface area contributed by atoms with Crippen LogP contribution in [0.1, 0.15) is 20.8 Å². The molecule has 0 aliphatic heterocycles. The van der Waals surface area contributed by atoms with Gasteiger partial charge in [0.25, 0.3) is 5.97 Å². The predicted octanol–water partition coefficient (Wildman–Crippen LogP) is 0.692. The summed E-state index contributed by atoms with van der Waals surface area (Å²) in [5.41, 5.74) is 5.17. The first-order valence-corrected chi connectivity index (χ1v) is 2.90. The largest absolute Gasteiger partial charge is 0.481 e.